The van der Waals surface area contributed by atoms with Crippen molar-refractivity contribution in [2.75, 3.05) is 13.2 Å². The van der Waals surface area contributed by atoms with E-state index in [-0.39, 0.29) is 6.10 Å². The van der Waals surface area contributed by atoms with Gasteiger partial charge in [-0.1, -0.05) is 19.4 Å². The van der Waals surface area contributed by atoms with E-state index in [2.05, 4.69) is 26.1 Å². The minimum atomic E-state index is 0.149. The lowest BCUT2D eigenvalue weighted by molar-refractivity contribution is 0.210. The maximum absolute atomic E-state index is 5.89. The lowest BCUT2D eigenvalue weighted by atomic mass is 10.2. The number of hydrogen-bond acceptors (Lipinski definition) is 3. The molecular weight excluding hydrogens is 238 g/mol. The van der Waals surface area contributed by atoms with Crippen LogP contribution < -0.4 is 14.8 Å². The molecule has 0 aliphatic rings. The molecule has 2 unspecified atom stereocenters. The summed E-state index contributed by atoms with van der Waals surface area (Å²) in [5, 5.41) is 3.49. The van der Waals surface area contributed by atoms with Crippen LogP contribution in [0.25, 0.3) is 0 Å². The minimum absolute atomic E-state index is 0.149. The van der Waals surface area contributed by atoms with Crippen LogP contribution in [0.4, 0.5) is 0 Å². The van der Waals surface area contributed by atoms with E-state index in [4.69, 9.17) is 9.47 Å². The van der Waals surface area contributed by atoms with E-state index >= 15 is 0 Å². The van der Waals surface area contributed by atoms with Crippen molar-refractivity contribution in [3.63, 3.8) is 0 Å². The first-order valence-electron chi connectivity index (χ1n) is 7.28. The van der Waals surface area contributed by atoms with Gasteiger partial charge in [0.2, 0.25) is 0 Å². The molecule has 0 aliphatic carbocycles. The summed E-state index contributed by atoms with van der Waals surface area (Å²) in [5.41, 5.74) is 0. The molecule has 1 N–H and O–H groups in total. The topological polar surface area (TPSA) is 30.5 Å². The number of hydrogen-bond donors (Lipinski definition) is 1. The van der Waals surface area contributed by atoms with Crippen molar-refractivity contribution >= 4 is 0 Å². The van der Waals surface area contributed by atoms with Crippen LogP contribution in [0.1, 0.15) is 40.5 Å². The predicted octanol–water partition coefficient (Wildman–Crippen LogP) is 3.63. The van der Waals surface area contributed by atoms with Crippen molar-refractivity contribution in [1.29, 1.82) is 0 Å². The molecule has 3 nitrogen and oxygen atoms in total. The smallest absolute Gasteiger partial charge is 0.123 e. The van der Waals surface area contributed by atoms with Gasteiger partial charge in [0.05, 0.1) is 6.61 Å². The van der Waals surface area contributed by atoms with E-state index in [0.29, 0.717) is 12.6 Å². The second-order valence-corrected chi connectivity index (χ2v) is 4.93. The van der Waals surface area contributed by atoms with Gasteiger partial charge < -0.3 is 14.8 Å². The largest absolute Gasteiger partial charge is 0.494 e. The Bertz CT molecular complexity index is 354. The minimum Gasteiger partial charge on any atom is -0.494 e. The third-order valence-electron chi connectivity index (χ3n) is 2.93. The Morgan fingerprint density at radius 2 is 1.89 bits per heavy atom. The third kappa shape index (κ3) is 6.48. The van der Waals surface area contributed by atoms with E-state index in [9.17, 15) is 0 Å². The molecule has 108 valence electrons. The van der Waals surface area contributed by atoms with Crippen LogP contribution in [-0.4, -0.2) is 25.3 Å². The fourth-order valence-electron chi connectivity index (χ4n) is 1.98. The molecule has 0 saturated carbocycles. The van der Waals surface area contributed by atoms with Gasteiger partial charge in [-0.2, -0.15) is 0 Å². The Morgan fingerprint density at radius 3 is 2.58 bits per heavy atom. The van der Waals surface area contributed by atoms with Gasteiger partial charge in [-0.25, -0.2) is 0 Å². The Balaban J connectivity index is 2.38. The molecule has 1 aromatic rings. The highest BCUT2D eigenvalue weighted by atomic mass is 16.5. The number of benzene rings is 1. The van der Waals surface area contributed by atoms with Gasteiger partial charge in [-0.05, 0) is 39.3 Å². The predicted molar refractivity (Wildman–Crippen MR) is 80.1 cm³/mol. The molecule has 0 heterocycles. The second kappa shape index (κ2) is 8.81. The standard InChI is InChI=1S/C16H27NO2/c1-5-8-13(3)17-12-14(4)19-16-10-7-9-15(11-16)18-6-2/h7,9-11,13-14,17H,5-6,8,12H2,1-4H3. The molecular formula is C16H27NO2. The van der Waals surface area contributed by atoms with Gasteiger partial charge in [0.15, 0.2) is 0 Å². The van der Waals surface area contributed by atoms with Gasteiger partial charge >= 0.3 is 0 Å². The lowest BCUT2D eigenvalue weighted by Gasteiger charge is -2.19. The Kier molecular flexibility index (Phi) is 7.34. The maximum atomic E-state index is 5.89. The van der Waals surface area contributed by atoms with E-state index in [1.807, 2.05) is 31.2 Å². The maximum Gasteiger partial charge on any atom is 0.123 e. The summed E-state index contributed by atoms with van der Waals surface area (Å²) in [6.45, 7) is 10.0. The Labute approximate surface area is 117 Å². The molecule has 0 spiro atoms. The van der Waals surface area contributed by atoms with Crippen LogP contribution in [0, 0.1) is 0 Å². The summed E-state index contributed by atoms with van der Waals surface area (Å²) < 4.78 is 11.3. The van der Waals surface area contributed by atoms with Crippen molar-refractivity contribution < 1.29 is 9.47 Å². The van der Waals surface area contributed by atoms with Crippen LogP contribution in [-0.2, 0) is 0 Å². The number of ether oxygens (including phenoxy) is 2. The summed E-state index contributed by atoms with van der Waals surface area (Å²) in [6.07, 6.45) is 2.56. The zero-order valence-electron chi connectivity index (χ0n) is 12.6. The third-order valence-corrected chi connectivity index (χ3v) is 2.93. The van der Waals surface area contributed by atoms with E-state index in [0.717, 1.165) is 18.0 Å². The molecule has 0 bridgehead atoms. The molecule has 0 fully saturated rings. The molecule has 1 aromatic carbocycles. The highest BCUT2D eigenvalue weighted by molar-refractivity contribution is 5.33. The molecule has 3 heteroatoms. The summed E-state index contributed by atoms with van der Waals surface area (Å²) in [5.74, 6) is 1.72. The molecule has 19 heavy (non-hydrogen) atoms. The van der Waals surface area contributed by atoms with E-state index in [1.165, 1.54) is 12.8 Å². The molecule has 0 radical (unpaired) electrons. The van der Waals surface area contributed by atoms with Gasteiger partial charge in [-0.15, -0.1) is 0 Å². The SMILES string of the molecule is CCCC(C)NCC(C)Oc1cccc(OCC)c1. The van der Waals surface area contributed by atoms with E-state index in [1.54, 1.807) is 0 Å². The molecule has 0 aliphatic heterocycles. The van der Waals surface area contributed by atoms with Crippen molar-refractivity contribution in [3.05, 3.63) is 24.3 Å². The summed E-state index contributed by atoms with van der Waals surface area (Å²) >= 11 is 0. The monoisotopic (exact) mass is 265 g/mol. The van der Waals surface area contributed by atoms with Crippen LogP contribution in [0.3, 0.4) is 0 Å². The molecule has 0 aromatic heterocycles. The quantitative estimate of drug-likeness (QED) is 0.739. The van der Waals surface area contributed by atoms with Crippen molar-refractivity contribution in [1.82, 2.24) is 5.32 Å². The zero-order chi connectivity index (χ0) is 14.1. The molecule has 1 rings (SSSR count). The van der Waals surface area contributed by atoms with Crippen LogP contribution in [0.5, 0.6) is 11.5 Å². The van der Waals surface area contributed by atoms with Crippen molar-refractivity contribution in [3.8, 4) is 11.5 Å². The molecule has 0 amide bonds. The van der Waals surface area contributed by atoms with Crippen molar-refractivity contribution in [2.45, 2.75) is 52.7 Å². The van der Waals surface area contributed by atoms with Crippen LogP contribution >= 0.6 is 0 Å². The van der Waals surface area contributed by atoms with E-state index < -0.39 is 0 Å². The molecule has 0 saturated heterocycles. The summed E-state index contributed by atoms with van der Waals surface area (Å²) in [4.78, 5) is 0. The fourth-order valence-corrected chi connectivity index (χ4v) is 1.98. The fraction of sp³-hybridized carbons (Fsp3) is 0.625. The zero-order valence-corrected chi connectivity index (χ0v) is 12.6. The van der Waals surface area contributed by atoms with Gasteiger partial charge in [0, 0.05) is 18.7 Å². The summed E-state index contributed by atoms with van der Waals surface area (Å²) in [6, 6.07) is 8.36. The highest BCUT2D eigenvalue weighted by Gasteiger charge is 2.07. The summed E-state index contributed by atoms with van der Waals surface area (Å²) in [7, 11) is 0. The first-order valence-corrected chi connectivity index (χ1v) is 7.28. The first-order chi connectivity index (χ1) is 9.15. The normalized spacial score (nSPS) is 13.9. The Hall–Kier alpha value is -1.22. The second-order valence-electron chi connectivity index (χ2n) is 4.93. The van der Waals surface area contributed by atoms with Crippen LogP contribution in [0.15, 0.2) is 24.3 Å². The van der Waals surface area contributed by atoms with Crippen LogP contribution in [0.2, 0.25) is 0 Å². The van der Waals surface area contributed by atoms with Gasteiger partial charge in [0.25, 0.3) is 0 Å². The average Bonchev–Trinajstić information content (AvgIpc) is 2.38. The highest BCUT2D eigenvalue weighted by Crippen LogP contribution is 2.20. The lowest BCUT2D eigenvalue weighted by Crippen LogP contribution is -2.34. The van der Waals surface area contributed by atoms with Gasteiger partial charge in [0.1, 0.15) is 17.6 Å². The van der Waals surface area contributed by atoms with Crippen molar-refractivity contribution in [2.24, 2.45) is 0 Å². The first kappa shape index (κ1) is 15.8. The Morgan fingerprint density at radius 1 is 1.16 bits per heavy atom. The number of rotatable bonds is 9. The van der Waals surface area contributed by atoms with Gasteiger partial charge in [-0.3, -0.25) is 0 Å². The average molecular weight is 265 g/mol. The molecule has 2 atom stereocenters. The number of nitrogens with one attached hydrogen (secondary N) is 1.